The second kappa shape index (κ2) is 11.6. The second-order valence-electron chi connectivity index (χ2n) is 5.32. The molecule has 118 valence electrons. The monoisotopic (exact) mass is 297 g/mol. The molecule has 0 amide bonds. The largest absolute Gasteiger partial charge is 0.726 e. The lowest BCUT2D eigenvalue weighted by molar-refractivity contribution is -0.888. The van der Waals surface area contributed by atoms with Crippen molar-refractivity contribution in [2.24, 2.45) is 0 Å². The number of hydrogen-bond acceptors (Lipinski definition) is 4. The second-order valence-corrected chi connectivity index (χ2v) is 6.47. The zero-order valence-electron chi connectivity index (χ0n) is 13.1. The molecule has 0 fully saturated rings. The van der Waals surface area contributed by atoms with Gasteiger partial charge in [-0.25, -0.2) is 8.42 Å². The molecule has 0 aliphatic heterocycles. The minimum absolute atomic E-state index is 0.808. The lowest BCUT2D eigenvalue weighted by Gasteiger charge is -2.28. The fourth-order valence-electron chi connectivity index (χ4n) is 1.48. The summed E-state index contributed by atoms with van der Waals surface area (Å²) >= 11 is 0. The Morgan fingerprint density at radius 3 is 1.79 bits per heavy atom. The van der Waals surface area contributed by atoms with E-state index in [1.165, 1.54) is 56.1 Å². The highest BCUT2D eigenvalue weighted by Gasteiger charge is 2.09. The van der Waals surface area contributed by atoms with Crippen LogP contribution >= 0.6 is 0 Å². The van der Waals surface area contributed by atoms with Crippen molar-refractivity contribution in [1.82, 2.24) is 0 Å². The van der Waals surface area contributed by atoms with Gasteiger partial charge in [0, 0.05) is 0 Å². The first-order valence-corrected chi connectivity index (χ1v) is 8.35. The van der Waals surface area contributed by atoms with Crippen molar-refractivity contribution in [2.45, 2.75) is 52.4 Å². The number of hydrogen-bond donors (Lipinski definition) is 0. The molecule has 0 saturated carbocycles. The highest BCUT2D eigenvalue weighted by Crippen LogP contribution is 2.07. The van der Waals surface area contributed by atoms with E-state index in [0.717, 1.165) is 7.11 Å². The Bertz CT molecular complexity index is 289. The zero-order valence-corrected chi connectivity index (χ0v) is 14.0. The fraction of sp³-hybridized carbons (Fsp3) is 1.00. The van der Waals surface area contributed by atoms with Gasteiger partial charge in [-0.1, -0.05) is 32.6 Å². The third-order valence-electron chi connectivity index (χ3n) is 3.18. The van der Waals surface area contributed by atoms with Gasteiger partial charge in [0.1, 0.15) is 0 Å². The molecule has 0 bridgehead atoms. The van der Waals surface area contributed by atoms with E-state index in [2.05, 4.69) is 32.1 Å². The van der Waals surface area contributed by atoms with Crippen LogP contribution in [0.4, 0.5) is 0 Å². The van der Waals surface area contributed by atoms with Gasteiger partial charge in [0.25, 0.3) is 0 Å². The smallest absolute Gasteiger partial charge is 0.217 e. The summed E-state index contributed by atoms with van der Waals surface area (Å²) in [5, 5.41) is 0. The van der Waals surface area contributed by atoms with Crippen LogP contribution in [0.5, 0.6) is 0 Å². The molecule has 0 spiro atoms. The third kappa shape index (κ3) is 20.3. The first-order valence-electron chi connectivity index (χ1n) is 7.02. The van der Waals surface area contributed by atoms with E-state index < -0.39 is 10.4 Å². The third-order valence-corrected chi connectivity index (χ3v) is 3.59. The lowest BCUT2D eigenvalue weighted by atomic mass is 10.1. The molecule has 0 atom stereocenters. The Kier molecular flexibility index (Phi) is 12.9. The van der Waals surface area contributed by atoms with E-state index in [9.17, 15) is 13.0 Å². The van der Waals surface area contributed by atoms with Crippen molar-refractivity contribution in [1.29, 1.82) is 0 Å². The van der Waals surface area contributed by atoms with Crippen molar-refractivity contribution >= 4 is 10.4 Å². The average Bonchev–Trinajstić information content (AvgIpc) is 2.33. The molecule has 0 aliphatic rings. The topological polar surface area (TPSA) is 66.4 Å². The van der Waals surface area contributed by atoms with Gasteiger partial charge in [0.2, 0.25) is 10.4 Å². The number of rotatable bonds is 9. The molecular weight excluding hydrogens is 266 g/mol. The molecule has 0 aromatic heterocycles. The summed E-state index contributed by atoms with van der Waals surface area (Å²) < 4.78 is 32.2. The normalized spacial score (nSPS) is 11.9. The molecular formula is C13H31NO4S. The molecule has 0 saturated heterocycles. The molecule has 0 aliphatic carbocycles. The van der Waals surface area contributed by atoms with Crippen LogP contribution in [-0.2, 0) is 14.6 Å². The molecule has 0 rings (SSSR count). The molecule has 5 nitrogen and oxygen atoms in total. The van der Waals surface area contributed by atoms with Gasteiger partial charge >= 0.3 is 0 Å². The summed E-state index contributed by atoms with van der Waals surface area (Å²) in [5.41, 5.74) is 0. The zero-order chi connectivity index (χ0) is 15.4. The Balaban J connectivity index is 0. The molecule has 19 heavy (non-hydrogen) atoms. The Morgan fingerprint density at radius 1 is 1.00 bits per heavy atom. The first kappa shape index (κ1) is 21.1. The van der Waals surface area contributed by atoms with Crippen LogP contribution in [0.1, 0.15) is 52.4 Å². The first-order chi connectivity index (χ1) is 8.68. The molecule has 0 radical (unpaired) electrons. The summed E-state index contributed by atoms with van der Waals surface area (Å²) in [5.74, 6) is 0. The van der Waals surface area contributed by atoms with Crippen molar-refractivity contribution in [3.8, 4) is 0 Å². The Hall–Kier alpha value is -0.170. The van der Waals surface area contributed by atoms with E-state index in [1.807, 2.05) is 0 Å². The van der Waals surface area contributed by atoms with E-state index >= 15 is 0 Å². The van der Waals surface area contributed by atoms with Gasteiger partial charge < -0.3 is 9.04 Å². The van der Waals surface area contributed by atoms with Crippen molar-refractivity contribution < 1.29 is 21.6 Å². The SMILES string of the molecule is CCCCCCCC[N+](C)(C)CC.COS(=O)(=O)[O-]. The van der Waals surface area contributed by atoms with Crippen LogP contribution in [0.3, 0.4) is 0 Å². The number of unbranched alkanes of at least 4 members (excludes halogenated alkanes) is 5. The van der Waals surface area contributed by atoms with Crippen LogP contribution in [0.15, 0.2) is 0 Å². The number of quaternary nitrogens is 1. The number of nitrogens with zero attached hydrogens (tertiary/aromatic N) is 1. The van der Waals surface area contributed by atoms with Crippen molar-refractivity contribution in [3.63, 3.8) is 0 Å². The van der Waals surface area contributed by atoms with Gasteiger partial charge in [0.05, 0.1) is 34.3 Å². The standard InChI is InChI=1S/C12H28N.CH4O4S/c1-5-7-8-9-10-11-12-13(3,4)6-2;1-5-6(2,3)4/h5-12H2,1-4H3;1H3,(H,2,3,4)/q+1;/p-1. The summed E-state index contributed by atoms with van der Waals surface area (Å²) in [7, 11) is 1.05. The van der Waals surface area contributed by atoms with Crippen LogP contribution in [0, 0.1) is 0 Å². The molecule has 0 aromatic carbocycles. The van der Waals surface area contributed by atoms with Gasteiger partial charge in [-0.05, 0) is 19.8 Å². The van der Waals surface area contributed by atoms with Gasteiger partial charge in [-0.15, -0.1) is 0 Å². The highest BCUT2D eigenvalue weighted by molar-refractivity contribution is 7.80. The van der Waals surface area contributed by atoms with Crippen LogP contribution in [0.25, 0.3) is 0 Å². The Morgan fingerprint density at radius 2 is 1.42 bits per heavy atom. The summed E-state index contributed by atoms with van der Waals surface area (Å²) in [6.07, 6.45) is 8.50. The predicted molar refractivity (Wildman–Crippen MR) is 77.6 cm³/mol. The van der Waals surface area contributed by atoms with E-state index in [0.29, 0.717) is 0 Å². The van der Waals surface area contributed by atoms with Gasteiger partial charge in [0.15, 0.2) is 0 Å². The molecule has 6 heteroatoms. The lowest BCUT2D eigenvalue weighted by Crippen LogP contribution is -2.39. The minimum atomic E-state index is -4.41. The van der Waals surface area contributed by atoms with E-state index in [-0.39, 0.29) is 0 Å². The molecule has 0 aromatic rings. The Labute approximate surface area is 119 Å². The van der Waals surface area contributed by atoms with E-state index in [1.54, 1.807) is 0 Å². The molecule has 0 unspecified atom stereocenters. The van der Waals surface area contributed by atoms with Gasteiger partial charge in [-0.2, -0.15) is 0 Å². The molecule has 0 heterocycles. The minimum Gasteiger partial charge on any atom is -0.726 e. The van der Waals surface area contributed by atoms with Crippen molar-refractivity contribution in [3.05, 3.63) is 0 Å². The molecule has 0 N–H and O–H groups in total. The van der Waals surface area contributed by atoms with Gasteiger partial charge in [-0.3, -0.25) is 4.18 Å². The van der Waals surface area contributed by atoms with Crippen LogP contribution in [-0.4, -0.2) is 51.7 Å². The maximum Gasteiger partial charge on any atom is 0.217 e. The average molecular weight is 297 g/mol. The van der Waals surface area contributed by atoms with Crippen molar-refractivity contribution in [2.75, 3.05) is 34.3 Å². The van der Waals surface area contributed by atoms with E-state index in [4.69, 9.17) is 0 Å². The summed E-state index contributed by atoms with van der Waals surface area (Å²) in [6.45, 7) is 7.16. The van der Waals surface area contributed by atoms with Crippen LogP contribution in [0.2, 0.25) is 0 Å². The fourth-order valence-corrected chi connectivity index (χ4v) is 1.48. The summed E-state index contributed by atoms with van der Waals surface area (Å²) in [6, 6.07) is 0. The highest BCUT2D eigenvalue weighted by atomic mass is 32.3. The van der Waals surface area contributed by atoms with Crippen LogP contribution < -0.4 is 0 Å². The maximum absolute atomic E-state index is 9.22. The maximum atomic E-state index is 9.22. The predicted octanol–water partition coefficient (Wildman–Crippen LogP) is 2.54. The summed E-state index contributed by atoms with van der Waals surface area (Å²) in [4.78, 5) is 0. The quantitative estimate of drug-likeness (QED) is 0.284.